The second kappa shape index (κ2) is 5.35. The number of hydrogen-bond donors (Lipinski definition) is 0. The number of amides is 1. The molecule has 1 amide bonds. The fraction of sp³-hybridized carbons (Fsp3) is 0.250. The summed E-state index contributed by atoms with van der Waals surface area (Å²) in [5, 5.41) is 4.56. The minimum atomic E-state index is -0.169. The van der Waals surface area contributed by atoms with Crippen molar-refractivity contribution >= 4 is 5.91 Å². The van der Waals surface area contributed by atoms with Crippen LogP contribution in [0.3, 0.4) is 0 Å². The average Bonchev–Trinajstić information content (AvgIpc) is 3.25. The zero-order chi connectivity index (χ0) is 15.8. The van der Waals surface area contributed by atoms with Crippen LogP contribution in [0.4, 0.5) is 0 Å². The Bertz CT molecular complexity index is 826. The molecule has 1 atom stereocenters. The van der Waals surface area contributed by atoms with E-state index in [1.54, 1.807) is 4.90 Å². The summed E-state index contributed by atoms with van der Waals surface area (Å²) < 4.78 is 6.78. The quantitative estimate of drug-likeness (QED) is 0.725. The topological polar surface area (TPSA) is 77.0 Å². The molecular formula is C16H15N5O2. The largest absolute Gasteiger partial charge is 0.451 e. The van der Waals surface area contributed by atoms with E-state index in [0.717, 1.165) is 11.4 Å². The predicted molar refractivity (Wildman–Crippen MR) is 81.4 cm³/mol. The summed E-state index contributed by atoms with van der Waals surface area (Å²) in [5.74, 6) is 1.32. The highest BCUT2D eigenvalue weighted by Gasteiger charge is 2.32. The van der Waals surface area contributed by atoms with Gasteiger partial charge < -0.3 is 9.32 Å². The van der Waals surface area contributed by atoms with Crippen molar-refractivity contribution in [3.05, 3.63) is 54.5 Å². The fourth-order valence-corrected chi connectivity index (χ4v) is 2.82. The van der Waals surface area contributed by atoms with Gasteiger partial charge in [0.2, 0.25) is 0 Å². The molecule has 0 N–H and O–H groups in total. The molecule has 1 aliphatic rings. The van der Waals surface area contributed by atoms with Gasteiger partial charge in [0.1, 0.15) is 12.1 Å². The molecule has 0 aliphatic carbocycles. The highest BCUT2D eigenvalue weighted by molar-refractivity contribution is 5.92. The van der Waals surface area contributed by atoms with Crippen LogP contribution < -0.4 is 0 Å². The van der Waals surface area contributed by atoms with Crippen LogP contribution in [0.1, 0.15) is 29.3 Å². The van der Waals surface area contributed by atoms with Crippen LogP contribution >= 0.6 is 0 Å². The Labute approximate surface area is 132 Å². The number of nitrogens with zero attached hydrogens (tertiary/aromatic N) is 5. The third-order valence-corrected chi connectivity index (χ3v) is 4.04. The molecule has 4 rings (SSSR count). The Morgan fingerprint density at radius 3 is 2.83 bits per heavy atom. The minimum absolute atomic E-state index is 0.151. The number of rotatable bonds is 2. The molecule has 0 saturated carbocycles. The van der Waals surface area contributed by atoms with E-state index in [0.29, 0.717) is 24.6 Å². The Morgan fingerprint density at radius 2 is 2.09 bits per heavy atom. The van der Waals surface area contributed by atoms with Crippen molar-refractivity contribution in [3.8, 4) is 11.4 Å². The zero-order valence-corrected chi connectivity index (χ0v) is 12.6. The summed E-state index contributed by atoms with van der Waals surface area (Å²) in [6.07, 6.45) is 2.63. The van der Waals surface area contributed by atoms with Gasteiger partial charge in [0.05, 0.1) is 12.6 Å². The lowest BCUT2D eigenvalue weighted by molar-refractivity contribution is 0.0624. The number of fused-ring (bicyclic) bond motifs is 1. The summed E-state index contributed by atoms with van der Waals surface area (Å²) in [6, 6.07) is 9.66. The maximum Gasteiger partial charge on any atom is 0.276 e. The van der Waals surface area contributed by atoms with E-state index in [9.17, 15) is 4.79 Å². The molecular weight excluding hydrogens is 294 g/mol. The van der Waals surface area contributed by atoms with Gasteiger partial charge in [0.25, 0.3) is 5.91 Å². The predicted octanol–water partition coefficient (Wildman–Crippen LogP) is 2.15. The van der Waals surface area contributed by atoms with Gasteiger partial charge in [-0.05, 0) is 6.92 Å². The Hall–Kier alpha value is -2.96. The number of hydrogen-bond acceptors (Lipinski definition) is 5. The molecule has 116 valence electrons. The van der Waals surface area contributed by atoms with Crippen molar-refractivity contribution in [1.29, 1.82) is 0 Å². The SMILES string of the molecule is C[C@H]1c2nc(-c3ccccc3)nn2CCN1C(=O)c1cocn1. The first-order valence-corrected chi connectivity index (χ1v) is 7.43. The van der Waals surface area contributed by atoms with Gasteiger partial charge in [-0.2, -0.15) is 5.10 Å². The molecule has 3 aromatic rings. The first-order chi connectivity index (χ1) is 11.2. The van der Waals surface area contributed by atoms with E-state index in [2.05, 4.69) is 15.1 Å². The van der Waals surface area contributed by atoms with Crippen molar-refractivity contribution in [3.63, 3.8) is 0 Å². The summed E-state index contributed by atoms with van der Waals surface area (Å²) in [7, 11) is 0. The third kappa shape index (κ3) is 2.30. The maximum absolute atomic E-state index is 12.5. The number of benzene rings is 1. The molecule has 0 bridgehead atoms. The van der Waals surface area contributed by atoms with Crippen molar-refractivity contribution in [1.82, 2.24) is 24.6 Å². The molecule has 0 saturated heterocycles. The standard InChI is InChI=1S/C16H15N5O2/c1-11-15-18-14(12-5-3-2-4-6-12)19-21(15)8-7-20(11)16(22)13-9-23-10-17-13/h2-6,9-11H,7-8H2,1H3/t11-/m0/s1. The average molecular weight is 309 g/mol. The van der Waals surface area contributed by atoms with Gasteiger partial charge in [-0.1, -0.05) is 30.3 Å². The van der Waals surface area contributed by atoms with Crippen molar-refractivity contribution in [2.45, 2.75) is 19.5 Å². The molecule has 23 heavy (non-hydrogen) atoms. The van der Waals surface area contributed by atoms with Crippen LogP contribution in [0.5, 0.6) is 0 Å². The second-order valence-electron chi connectivity index (χ2n) is 5.43. The number of carbonyl (C=O) groups is 1. The zero-order valence-electron chi connectivity index (χ0n) is 12.6. The molecule has 3 heterocycles. The lowest BCUT2D eigenvalue weighted by Gasteiger charge is -2.32. The van der Waals surface area contributed by atoms with E-state index in [1.807, 2.05) is 41.9 Å². The molecule has 2 aromatic heterocycles. The van der Waals surface area contributed by atoms with Crippen LogP contribution in [0.15, 0.2) is 47.4 Å². The molecule has 0 unspecified atom stereocenters. The highest BCUT2D eigenvalue weighted by atomic mass is 16.3. The summed E-state index contributed by atoms with van der Waals surface area (Å²) in [6.45, 7) is 3.13. The molecule has 0 radical (unpaired) electrons. The number of oxazole rings is 1. The number of carbonyl (C=O) groups excluding carboxylic acids is 1. The minimum Gasteiger partial charge on any atom is -0.451 e. The van der Waals surface area contributed by atoms with Gasteiger partial charge in [-0.15, -0.1) is 0 Å². The van der Waals surface area contributed by atoms with Gasteiger partial charge >= 0.3 is 0 Å². The van der Waals surface area contributed by atoms with Gasteiger partial charge in [0.15, 0.2) is 17.9 Å². The smallest absolute Gasteiger partial charge is 0.276 e. The summed E-state index contributed by atoms with van der Waals surface area (Å²) in [5.41, 5.74) is 1.28. The van der Waals surface area contributed by atoms with Crippen molar-refractivity contribution < 1.29 is 9.21 Å². The number of aromatic nitrogens is 4. The van der Waals surface area contributed by atoms with Crippen molar-refractivity contribution in [2.24, 2.45) is 0 Å². The van der Waals surface area contributed by atoms with Gasteiger partial charge in [-0.3, -0.25) is 4.79 Å². The van der Waals surface area contributed by atoms with E-state index in [1.165, 1.54) is 12.7 Å². The Balaban J connectivity index is 1.65. The molecule has 1 aromatic carbocycles. The molecule has 1 aliphatic heterocycles. The van der Waals surface area contributed by atoms with E-state index in [4.69, 9.17) is 4.42 Å². The third-order valence-electron chi connectivity index (χ3n) is 4.04. The van der Waals surface area contributed by atoms with Gasteiger partial charge in [0, 0.05) is 12.1 Å². The van der Waals surface area contributed by atoms with Crippen LogP contribution in [0.2, 0.25) is 0 Å². The molecule has 0 fully saturated rings. The van der Waals surface area contributed by atoms with E-state index in [-0.39, 0.29) is 11.9 Å². The molecule has 0 spiro atoms. The monoisotopic (exact) mass is 309 g/mol. The highest BCUT2D eigenvalue weighted by Crippen LogP contribution is 2.27. The molecule has 7 heteroatoms. The van der Waals surface area contributed by atoms with Gasteiger partial charge in [-0.25, -0.2) is 14.6 Å². The summed E-state index contributed by atoms with van der Waals surface area (Å²) >= 11 is 0. The molecule has 7 nitrogen and oxygen atoms in total. The van der Waals surface area contributed by atoms with E-state index >= 15 is 0 Å². The lowest BCUT2D eigenvalue weighted by Crippen LogP contribution is -2.41. The Morgan fingerprint density at radius 1 is 1.26 bits per heavy atom. The van der Waals surface area contributed by atoms with Crippen LogP contribution in [0, 0.1) is 0 Å². The first-order valence-electron chi connectivity index (χ1n) is 7.43. The van der Waals surface area contributed by atoms with Crippen LogP contribution in [-0.4, -0.2) is 37.1 Å². The van der Waals surface area contributed by atoms with E-state index < -0.39 is 0 Å². The lowest BCUT2D eigenvalue weighted by atomic mass is 10.2. The maximum atomic E-state index is 12.5. The van der Waals surface area contributed by atoms with Crippen molar-refractivity contribution in [2.75, 3.05) is 6.54 Å². The Kier molecular flexibility index (Phi) is 3.18. The van der Waals surface area contributed by atoms with Crippen LogP contribution in [-0.2, 0) is 6.54 Å². The summed E-state index contributed by atoms with van der Waals surface area (Å²) in [4.78, 5) is 22.8. The fourth-order valence-electron chi connectivity index (χ4n) is 2.82. The normalized spacial score (nSPS) is 17.1. The first kappa shape index (κ1) is 13.7. The second-order valence-corrected chi connectivity index (χ2v) is 5.43. The van der Waals surface area contributed by atoms with Crippen LogP contribution in [0.25, 0.3) is 11.4 Å².